The molecule has 0 saturated heterocycles. The van der Waals surface area contributed by atoms with E-state index in [2.05, 4.69) is 24.0 Å². The maximum absolute atomic E-state index is 10.9. The molecule has 2 nitrogen and oxygen atoms in total. The highest BCUT2D eigenvalue weighted by molar-refractivity contribution is 7.11. The van der Waals surface area contributed by atoms with E-state index in [-0.39, 0.29) is 0 Å². The van der Waals surface area contributed by atoms with Crippen molar-refractivity contribution < 1.29 is 4.79 Å². The van der Waals surface area contributed by atoms with Crippen LogP contribution in [0.3, 0.4) is 0 Å². The van der Waals surface area contributed by atoms with Crippen molar-refractivity contribution in [1.82, 2.24) is 4.98 Å². The van der Waals surface area contributed by atoms with Gasteiger partial charge in [-0.25, -0.2) is 4.98 Å². The van der Waals surface area contributed by atoms with E-state index in [0.29, 0.717) is 5.69 Å². The number of rotatable bonds is 5. The van der Waals surface area contributed by atoms with Gasteiger partial charge in [-0.2, -0.15) is 0 Å². The van der Waals surface area contributed by atoms with Gasteiger partial charge < -0.3 is 0 Å². The van der Waals surface area contributed by atoms with Crippen LogP contribution in [0, 0.1) is 0 Å². The van der Waals surface area contributed by atoms with Crippen molar-refractivity contribution in [2.75, 3.05) is 0 Å². The van der Waals surface area contributed by atoms with Gasteiger partial charge in [0.1, 0.15) is 5.69 Å². The van der Waals surface area contributed by atoms with Gasteiger partial charge in [0.05, 0.1) is 5.01 Å². The van der Waals surface area contributed by atoms with Crippen molar-refractivity contribution in [3.63, 3.8) is 0 Å². The third-order valence-electron chi connectivity index (χ3n) is 2.67. The van der Waals surface area contributed by atoms with E-state index < -0.39 is 0 Å². The van der Waals surface area contributed by atoms with Gasteiger partial charge in [0.25, 0.3) is 0 Å². The molecule has 88 valence electrons. The lowest BCUT2D eigenvalue weighted by Crippen LogP contribution is -1.93. The first-order valence-corrected chi connectivity index (χ1v) is 6.62. The molecule has 0 amide bonds. The largest absolute Gasteiger partial charge is 0.296 e. The fraction of sp³-hybridized carbons (Fsp3) is 0.286. The molecule has 0 unspecified atom stereocenters. The molecule has 0 bridgehead atoms. The molecular formula is C14H15NOS. The normalized spacial score (nSPS) is 10.4. The van der Waals surface area contributed by atoms with Crippen LogP contribution < -0.4 is 0 Å². The zero-order valence-electron chi connectivity index (χ0n) is 9.85. The standard InChI is InChI=1S/C14H15NOS/c1-2-14-15-12(10-16)13(17-14)9-8-11-6-4-3-5-7-11/h3-7,10H,2,8-9H2,1H3. The SMILES string of the molecule is CCc1nc(C=O)c(CCc2ccccc2)s1. The molecule has 0 N–H and O–H groups in total. The van der Waals surface area contributed by atoms with Crippen molar-refractivity contribution in [1.29, 1.82) is 0 Å². The van der Waals surface area contributed by atoms with Crippen molar-refractivity contribution in [3.05, 3.63) is 51.5 Å². The minimum atomic E-state index is 0.628. The number of aryl methyl sites for hydroxylation is 3. The van der Waals surface area contributed by atoms with Crippen LogP contribution in [0.1, 0.15) is 32.9 Å². The summed E-state index contributed by atoms with van der Waals surface area (Å²) < 4.78 is 0. The second-order valence-corrected chi connectivity index (χ2v) is 5.04. The van der Waals surface area contributed by atoms with Gasteiger partial charge in [-0.3, -0.25) is 4.79 Å². The highest BCUT2D eigenvalue weighted by Gasteiger charge is 2.09. The average molecular weight is 245 g/mol. The molecule has 1 heterocycles. The Morgan fingerprint density at radius 2 is 2.00 bits per heavy atom. The Balaban J connectivity index is 2.08. The molecule has 2 rings (SSSR count). The number of aromatic nitrogens is 1. The van der Waals surface area contributed by atoms with Gasteiger partial charge >= 0.3 is 0 Å². The van der Waals surface area contributed by atoms with E-state index in [1.807, 2.05) is 18.2 Å². The molecule has 2 aromatic rings. The molecule has 1 aromatic carbocycles. The van der Waals surface area contributed by atoms with E-state index in [4.69, 9.17) is 0 Å². The van der Waals surface area contributed by atoms with Crippen molar-refractivity contribution >= 4 is 17.6 Å². The van der Waals surface area contributed by atoms with Crippen LogP contribution in [0.25, 0.3) is 0 Å². The fourth-order valence-corrected chi connectivity index (χ4v) is 2.71. The monoisotopic (exact) mass is 245 g/mol. The van der Waals surface area contributed by atoms with Gasteiger partial charge in [-0.15, -0.1) is 11.3 Å². The average Bonchev–Trinajstić information content (AvgIpc) is 2.80. The van der Waals surface area contributed by atoms with E-state index in [0.717, 1.165) is 35.4 Å². The van der Waals surface area contributed by atoms with Crippen LogP contribution in [0.4, 0.5) is 0 Å². The lowest BCUT2D eigenvalue weighted by Gasteiger charge is -1.99. The molecule has 0 fully saturated rings. The first-order chi connectivity index (χ1) is 8.33. The van der Waals surface area contributed by atoms with Crippen LogP contribution in [0.5, 0.6) is 0 Å². The van der Waals surface area contributed by atoms with Crippen LogP contribution in [-0.4, -0.2) is 11.3 Å². The first-order valence-electron chi connectivity index (χ1n) is 5.81. The van der Waals surface area contributed by atoms with E-state index in [1.165, 1.54) is 5.56 Å². The Hall–Kier alpha value is -1.48. The molecule has 0 radical (unpaired) electrons. The Morgan fingerprint density at radius 1 is 1.24 bits per heavy atom. The summed E-state index contributed by atoms with van der Waals surface area (Å²) in [7, 11) is 0. The van der Waals surface area contributed by atoms with Gasteiger partial charge in [-0.1, -0.05) is 37.3 Å². The Labute approximate surface area is 105 Å². The minimum Gasteiger partial charge on any atom is -0.296 e. The summed E-state index contributed by atoms with van der Waals surface area (Å²) in [6.07, 6.45) is 3.63. The predicted molar refractivity (Wildman–Crippen MR) is 70.7 cm³/mol. The third-order valence-corrected chi connectivity index (χ3v) is 3.94. The van der Waals surface area contributed by atoms with E-state index >= 15 is 0 Å². The number of aldehydes is 1. The summed E-state index contributed by atoms with van der Waals surface area (Å²) in [6, 6.07) is 10.3. The molecule has 0 aliphatic carbocycles. The summed E-state index contributed by atoms with van der Waals surface area (Å²) in [6.45, 7) is 2.06. The smallest absolute Gasteiger partial charge is 0.169 e. The molecule has 3 heteroatoms. The number of hydrogen-bond acceptors (Lipinski definition) is 3. The van der Waals surface area contributed by atoms with Crippen molar-refractivity contribution in [2.45, 2.75) is 26.2 Å². The highest BCUT2D eigenvalue weighted by Crippen LogP contribution is 2.20. The number of benzene rings is 1. The summed E-state index contributed by atoms with van der Waals surface area (Å²) in [5, 5.41) is 1.05. The Morgan fingerprint density at radius 3 is 2.65 bits per heavy atom. The lowest BCUT2D eigenvalue weighted by atomic mass is 10.1. The van der Waals surface area contributed by atoms with Gasteiger partial charge in [0.2, 0.25) is 0 Å². The second-order valence-electron chi connectivity index (χ2n) is 3.87. The number of carbonyl (C=O) groups is 1. The number of thiazole rings is 1. The summed E-state index contributed by atoms with van der Waals surface area (Å²) >= 11 is 1.66. The molecule has 0 aliphatic heterocycles. The topological polar surface area (TPSA) is 30.0 Å². The zero-order chi connectivity index (χ0) is 12.1. The fourth-order valence-electron chi connectivity index (χ4n) is 1.74. The van der Waals surface area contributed by atoms with Crippen LogP contribution >= 0.6 is 11.3 Å². The maximum Gasteiger partial charge on any atom is 0.169 e. The predicted octanol–water partition coefficient (Wildman–Crippen LogP) is 3.30. The minimum absolute atomic E-state index is 0.628. The summed E-state index contributed by atoms with van der Waals surface area (Å²) in [5.74, 6) is 0. The van der Waals surface area contributed by atoms with Gasteiger partial charge in [-0.05, 0) is 24.8 Å². The first kappa shape index (κ1) is 12.0. The highest BCUT2D eigenvalue weighted by atomic mass is 32.1. The lowest BCUT2D eigenvalue weighted by molar-refractivity contribution is 0.111. The number of hydrogen-bond donors (Lipinski definition) is 0. The maximum atomic E-state index is 10.9. The molecular weight excluding hydrogens is 230 g/mol. The second kappa shape index (κ2) is 5.73. The molecule has 0 aliphatic rings. The van der Waals surface area contributed by atoms with Crippen LogP contribution in [0.15, 0.2) is 30.3 Å². The van der Waals surface area contributed by atoms with Crippen LogP contribution in [0.2, 0.25) is 0 Å². The van der Waals surface area contributed by atoms with E-state index in [9.17, 15) is 4.79 Å². The zero-order valence-corrected chi connectivity index (χ0v) is 10.7. The van der Waals surface area contributed by atoms with Gasteiger partial charge in [0.15, 0.2) is 6.29 Å². The van der Waals surface area contributed by atoms with Gasteiger partial charge in [0, 0.05) is 4.88 Å². The molecule has 0 saturated carbocycles. The molecule has 0 atom stereocenters. The summed E-state index contributed by atoms with van der Waals surface area (Å²) in [5.41, 5.74) is 1.93. The Bertz CT molecular complexity index is 490. The molecule has 17 heavy (non-hydrogen) atoms. The summed E-state index contributed by atoms with van der Waals surface area (Å²) in [4.78, 5) is 16.3. The van der Waals surface area contributed by atoms with E-state index in [1.54, 1.807) is 11.3 Å². The third kappa shape index (κ3) is 3.01. The van der Waals surface area contributed by atoms with Crippen molar-refractivity contribution in [2.24, 2.45) is 0 Å². The number of carbonyl (C=O) groups excluding carboxylic acids is 1. The molecule has 1 aromatic heterocycles. The number of nitrogens with zero attached hydrogens (tertiary/aromatic N) is 1. The molecule has 0 spiro atoms. The van der Waals surface area contributed by atoms with Crippen molar-refractivity contribution in [3.8, 4) is 0 Å². The quantitative estimate of drug-likeness (QED) is 0.756. The Kier molecular flexibility index (Phi) is 4.04. The van der Waals surface area contributed by atoms with Crippen LogP contribution in [-0.2, 0) is 19.3 Å².